The van der Waals surface area contributed by atoms with Crippen molar-refractivity contribution in [3.63, 3.8) is 0 Å². The highest BCUT2D eigenvalue weighted by molar-refractivity contribution is 6.22. The van der Waals surface area contributed by atoms with Crippen LogP contribution in [0.15, 0.2) is 191 Å². The summed E-state index contributed by atoms with van der Waals surface area (Å²) in [5.74, 6) is 1.65. The van der Waals surface area contributed by atoms with Crippen LogP contribution in [0.3, 0.4) is 0 Å². The van der Waals surface area contributed by atoms with Gasteiger partial charge in [0.05, 0.1) is 11.0 Å². The van der Waals surface area contributed by atoms with Gasteiger partial charge in [-0.05, 0) is 57.9 Å². The fraction of sp³-hybridized carbons (Fsp3) is 0.0364. The number of hydrogen-bond acceptors (Lipinski definition) is 5. The molecule has 0 unspecified atom stereocenters. The third-order valence-electron chi connectivity index (χ3n) is 11.8. The van der Waals surface area contributed by atoms with E-state index in [9.17, 15) is 0 Å². The lowest BCUT2D eigenvalue weighted by Crippen LogP contribution is -2.07. The highest BCUT2D eigenvalue weighted by Gasteiger charge is 2.23. The van der Waals surface area contributed by atoms with Crippen molar-refractivity contribution in [1.29, 1.82) is 0 Å². The first-order valence-electron chi connectivity index (χ1n) is 20.8. The summed E-state index contributed by atoms with van der Waals surface area (Å²) in [6.45, 7) is 4.00. The molecule has 13 rings (SSSR count). The van der Waals surface area contributed by atoms with E-state index in [4.69, 9.17) is 23.8 Å². The molecule has 6 heteroatoms. The monoisotopic (exact) mass is 784 g/mol. The molecule has 0 aliphatic carbocycles. The van der Waals surface area contributed by atoms with Crippen LogP contribution in [0.2, 0.25) is 0 Å². The van der Waals surface area contributed by atoms with E-state index in [1.807, 2.05) is 38.1 Å². The Morgan fingerprint density at radius 1 is 0.393 bits per heavy atom. The number of rotatable bonds is 4. The topological polar surface area (TPSA) is 69.9 Å². The number of benzene rings is 9. The number of aromatic nitrogens is 4. The molecule has 13 aromatic rings. The lowest BCUT2D eigenvalue weighted by atomic mass is 9.98. The van der Waals surface area contributed by atoms with Crippen LogP contribution in [0.4, 0.5) is 0 Å². The lowest BCUT2D eigenvalue weighted by molar-refractivity contribution is 0.669. The second kappa shape index (κ2) is 13.8. The van der Waals surface area contributed by atoms with Gasteiger partial charge in [0.1, 0.15) is 22.3 Å². The zero-order valence-electron chi connectivity index (χ0n) is 33.4. The first-order valence-corrected chi connectivity index (χ1v) is 20.8. The molecule has 0 spiro atoms. The average Bonchev–Trinajstić information content (AvgIpc) is 4.01. The molecule has 0 saturated carbocycles. The summed E-state index contributed by atoms with van der Waals surface area (Å²) >= 11 is 0. The normalized spacial score (nSPS) is 11.8. The number of fused-ring (bicyclic) bond motifs is 12. The fourth-order valence-corrected chi connectivity index (χ4v) is 9.14. The van der Waals surface area contributed by atoms with E-state index < -0.39 is 0 Å². The van der Waals surface area contributed by atoms with Gasteiger partial charge in [0.25, 0.3) is 0 Å². The van der Waals surface area contributed by atoms with Gasteiger partial charge in [0.2, 0.25) is 5.95 Å². The van der Waals surface area contributed by atoms with E-state index in [1.54, 1.807) is 0 Å². The van der Waals surface area contributed by atoms with Crippen molar-refractivity contribution in [2.24, 2.45) is 0 Å². The van der Waals surface area contributed by atoms with E-state index in [2.05, 4.69) is 162 Å². The molecule has 4 heterocycles. The highest BCUT2D eigenvalue weighted by atomic mass is 16.3. The van der Waals surface area contributed by atoms with Crippen LogP contribution in [0.1, 0.15) is 13.8 Å². The first kappa shape index (κ1) is 34.9. The van der Waals surface area contributed by atoms with E-state index in [1.165, 1.54) is 10.8 Å². The van der Waals surface area contributed by atoms with Gasteiger partial charge in [-0.25, -0.2) is 4.98 Å². The zero-order chi connectivity index (χ0) is 40.6. The number of hydrogen-bond donors (Lipinski definition) is 0. The maximum absolute atomic E-state index is 6.80. The van der Waals surface area contributed by atoms with Crippen molar-refractivity contribution in [1.82, 2.24) is 19.5 Å². The van der Waals surface area contributed by atoms with E-state index >= 15 is 0 Å². The molecular formula is C55H36N4O2. The van der Waals surface area contributed by atoms with Crippen LogP contribution in [0.5, 0.6) is 0 Å². The Morgan fingerprint density at radius 3 is 1.87 bits per heavy atom. The van der Waals surface area contributed by atoms with Crippen molar-refractivity contribution >= 4 is 87.2 Å². The van der Waals surface area contributed by atoms with Gasteiger partial charge in [-0.3, -0.25) is 4.57 Å². The molecule has 288 valence electrons. The van der Waals surface area contributed by atoms with Gasteiger partial charge in [-0.1, -0.05) is 159 Å². The van der Waals surface area contributed by atoms with Crippen LogP contribution < -0.4 is 0 Å². The van der Waals surface area contributed by atoms with Crippen molar-refractivity contribution < 1.29 is 8.83 Å². The minimum atomic E-state index is 0.518. The van der Waals surface area contributed by atoms with Crippen LogP contribution in [0, 0.1) is 0 Å². The molecule has 61 heavy (non-hydrogen) atoms. The minimum absolute atomic E-state index is 0.518. The fourth-order valence-electron chi connectivity index (χ4n) is 9.14. The maximum Gasteiger partial charge on any atom is 0.238 e. The SMILES string of the molecule is CC.c1ccc2cc(-c3nc(-c4ccc5c(c4)oc4ccccc45)nc(-n4c5ccccc5c5cccc(-c6cccc7c6oc6ccc8ccccc8c67)c54)n3)ccc2c1. The lowest BCUT2D eigenvalue weighted by Gasteiger charge is -2.13. The van der Waals surface area contributed by atoms with Crippen LogP contribution in [-0.4, -0.2) is 19.5 Å². The molecule has 0 saturated heterocycles. The van der Waals surface area contributed by atoms with Gasteiger partial charge in [-0.2, -0.15) is 9.97 Å². The highest BCUT2D eigenvalue weighted by Crippen LogP contribution is 2.44. The third kappa shape index (κ3) is 5.39. The number of para-hydroxylation sites is 4. The number of furan rings is 2. The zero-order valence-corrected chi connectivity index (χ0v) is 33.4. The van der Waals surface area contributed by atoms with Gasteiger partial charge in [-0.15, -0.1) is 0 Å². The van der Waals surface area contributed by atoms with Crippen molar-refractivity contribution in [2.45, 2.75) is 13.8 Å². The summed E-state index contributed by atoms with van der Waals surface area (Å²) in [6.07, 6.45) is 0. The van der Waals surface area contributed by atoms with Gasteiger partial charge in [0.15, 0.2) is 11.6 Å². The predicted molar refractivity (Wildman–Crippen MR) is 251 cm³/mol. The Morgan fingerprint density at radius 2 is 1.02 bits per heavy atom. The van der Waals surface area contributed by atoms with Crippen LogP contribution in [0.25, 0.3) is 127 Å². The minimum Gasteiger partial charge on any atom is -0.456 e. The Labute approximate surface area is 350 Å². The van der Waals surface area contributed by atoms with Crippen LogP contribution in [-0.2, 0) is 0 Å². The van der Waals surface area contributed by atoms with Gasteiger partial charge in [0, 0.05) is 54.6 Å². The van der Waals surface area contributed by atoms with Crippen LogP contribution >= 0.6 is 0 Å². The molecule has 0 bridgehead atoms. The average molecular weight is 785 g/mol. The summed E-state index contributed by atoms with van der Waals surface area (Å²) in [6, 6.07) is 63.3. The van der Waals surface area contributed by atoms with E-state index in [0.29, 0.717) is 17.6 Å². The molecule has 0 radical (unpaired) electrons. The summed E-state index contributed by atoms with van der Waals surface area (Å²) in [4.78, 5) is 15.9. The Kier molecular flexibility index (Phi) is 7.87. The second-order valence-electron chi connectivity index (χ2n) is 15.2. The third-order valence-corrected chi connectivity index (χ3v) is 11.8. The van der Waals surface area contributed by atoms with Crippen molar-refractivity contribution in [2.75, 3.05) is 0 Å². The van der Waals surface area contributed by atoms with Gasteiger partial charge >= 0.3 is 0 Å². The smallest absolute Gasteiger partial charge is 0.238 e. The Hall–Kier alpha value is -8.09. The standard InChI is InChI=1S/C53H30N4O2.C2H6/c1-2-13-33-29-34(24-23-31(33)11-1)51-54-52(35-25-27-39-38-16-6-8-22-45(38)58-47(39)30-35)56-53(55-51)57-44-21-7-5-15-37(44)40-17-9-18-41(49(40)57)42-19-10-20-43-48-36-14-4-3-12-32(36)26-28-46(48)59-50(42)43;1-2/h1-30H;1-2H3. The number of nitrogens with zero attached hydrogens (tertiary/aromatic N) is 4. The molecule has 0 aliphatic heterocycles. The Balaban J connectivity index is 0.00000197. The summed E-state index contributed by atoms with van der Waals surface area (Å²) in [7, 11) is 0. The van der Waals surface area contributed by atoms with Crippen molar-refractivity contribution in [3.8, 4) is 39.9 Å². The van der Waals surface area contributed by atoms with Crippen molar-refractivity contribution in [3.05, 3.63) is 182 Å². The second-order valence-corrected chi connectivity index (χ2v) is 15.2. The molecule has 6 nitrogen and oxygen atoms in total. The predicted octanol–water partition coefficient (Wildman–Crippen LogP) is 15.1. The molecule has 0 atom stereocenters. The molecule has 0 aliphatic rings. The molecular weight excluding hydrogens is 749 g/mol. The first-order chi connectivity index (χ1) is 30.2. The quantitative estimate of drug-likeness (QED) is 0.178. The maximum atomic E-state index is 6.80. The molecule has 0 fully saturated rings. The summed E-state index contributed by atoms with van der Waals surface area (Å²) in [5.41, 5.74) is 9.07. The molecule has 0 N–H and O–H groups in total. The van der Waals surface area contributed by atoms with E-state index in [-0.39, 0.29) is 0 Å². The van der Waals surface area contributed by atoms with E-state index in [0.717, 1.165) is 98.7 Å². The Bertz CT molecular complexity index is 3870. The molecule has 4 aromatic heterocycles. The largest absolute Gasteiger partial charge is 0.456 e. The summed E-state index contributed by atoms with van der Waals surface area (Å²) < 4.78 is 15.4. The van der Waals surface area contributed by atoms with Gasteiger partial charge < -0.3 is 8.83 Å². The molecule has 9 aromatic carbocycles. The summed E-state index contributed by atoms with van der Waals surface area (Å²) in [5, 5.41) is 11.1. The molecule has 0 amide bonds.